The van der Waals surface area contributed by atoms with Crippen LogP contribution >= 0.6 is 0 Å². The molecule has 0 aliphatic carbocycles. The topological polar surface area (TPSA) is 61.8 Å². The molecule has 5 heteroatoms. The van der Waals surface area contributed by atoms with Gasteiger partial charge >= 0.3 is 5.97 Å². The molecule has 1 aromatic rings. The molecule has 0 aromatic heterocycles. The molecule has 1 aliphatic rings. The molecule has 98 valence electrons. The zero-order chi connectivity index (χ0) is 13.0. The third kappa shape index (κ3) is 2.92. The fourth-order valence-corrected chi connectivity index (χ4v) is 2.06. The number of carboxylic acid groups (broad SMARTS) is 1. The lowest BCUT2D eigenvalue weighted by Crippen LogP contribution is -2.25. The van der Waals surface area contributed by atoms with E-state index in [1.165, 1.54) is 0 Å². The lowest BCUT2D eigenvalue weighted by atomic mass is 10.1. The van der Waals surface area contributed by atoms with Crippen LogP contribution in [0.2, 0.25) is 0 Å². The first kappa shape index (κ1) is 12.7. The third-order valence-corrected chi connectivity index (χ3v) is 3.02. The molecule has 0 radical (unpaired) electrons. The van der Waals surface area contributed by atoms with Crippen molar-refractivity contribution in [2.24, 2.45) is 0 Å². The number of aliphatic carboxylic acids is 1. The predicted octanol–water partition coefficient (Wildman–Crippen LogP) is 1.40. The van der Waals surface area contributed by atoms with Crippen molar-refractivity contribution in [3.63, 3.8) is 0 Å². The minimum atomic E-state index is -0.878. The van der Waals surface area contributed by atoms with E-state index in [0.29, 0.717) is 6.61 Å². The lowest BCUT2D eigenvalue weighted by molar-refractivity contribution is -0.134. The molecule has 1 heterocycles. The van der Waals surface area contributed by atoms with Gasteiger partial charge in [-0.3, -0.25) is 9.69 Å². The highest BCUT2D eigenvalue weighted by Gasteiger charge is 2.17. The highest BCUT2D eigenvalue weighted by Crippen LogP contribution is 2.31. The first-order chi connectivity index (χ1) is 8.70. The molecule has 18 heavy (non-hydrogen) atoms. The Morgan fingerprint density at radius 2 is 2.39 bits per heavy atom. The van der Waals surface area contributed by atoms with Gasteiger partial charge in [0.1, 0.15) is 18.9 Å². The first-order valence-electron chi connectivity index (χ1n) is 6.13. The van der Waals surface area contributed by atoms with E-state index >= 15 is 0 Å². The first-order valence-corrected chi connectivity index (χ1v) is 6.13. The maximum Gasteiger partial charge on any atom is 0.322 e. The standard InChI is InChI=1S/C13H18N2O3/c1-2-15-6-7-18-13-10(9-15)4-3-5-11(13)14-8-12(16)17/h3-5,14H,2,6-9H2,1H3,(H,16,17). The van der Waals surface area contributed by atoms with Gasteiger partial charge in [-0.15, -0.1) is 0 Å². The van der Waals surface area contributed by atoms with Gasteiger partial charge in [0, 0.05) is 18.7 Å². The molecule has 0 atom stereocenters. The number of likely N-dealkylation sites (N-methyl/N-ethyl adjacent to an activating group) is 1. The lowest BCUT2D eigenvalue weighted by Gasteiger charge is -2.16. The van der Waals surface area contributed by atoms with Crippen molar-refractivity contribution >= 4 is 11.7 Å². The summed E-state index contributed by atoms with van der Waals surface area (Å²) in [5.74, 6) is -0.0916. The Kier molecular flexibility index (Phi) is 4.04. The van der Waals surface area contributed by atoms with E-state index in [1.54, 1.807) is 0 Å². The van der Waals surface area contributed by atoms with Crippen molar-refractivity contribution in [2.45, 2.75) is 13.5 Å². The van der Waals surface area contributed by atoms with E-state index in [1.807, 2.05) is 18.2 Å². The molecule has 5 nitrogen and oxygen atoms in total. The molecule has 0 bridgehead atoms. The Hall–Kier alpha value is -1.75. The predicted molar refractivity (Wildman–Crippen MR) is 69.0 cm³/mol. The Bertz CT molecular complexity index is 434. The largest absolute Gasteiger partial charge is 0.490 e. The van der Waals surface area contributed by atoms with Crippen LogP contribution in [0.5, 0.6) is 5.75 Å². The summed E-state index contributed by atoms with van der Waals surface area (Å²) in [7, 11) is 0. The summed E-state index contributed by atoms with van der Waals surface area (Å²) in [5.41, 5.74) is 1.86. The number of nitrogens with zero attached hydrogens (tertiary/aromatic N) is 1. The summed E-state index contributed by atoms with van der Waals surface area (Å²) in [4.78, 5) is 12.9. The molecule has 0 unspecified atom stereocenters. The fraction of sp³-hybridized carbons (Fsp3) is 0.462. The zero-order valence-electron chi connectivity index (χ0n) is 10.5. The number of carboxylic acids is 1. The molecule has 2 rings (SSSR count). The molecule has 0 saturated heterocycles. The second kappa shape index (κ2) is 5.73. The number of hydrogen-bond acceptors (Lipinski definition) is 4. The number of fused-ring (bicyclic) bond motifs is 1. The molecule has 0 saturated carbocycles. The van der Waals surface area contributed by atoms with Crippen LogP contribution < -0.4 is 10.1 Å². The molecule has 0 amide bonds. The normalized spacial score (nSPS) is 15.4. The van der Waals surface area contributed by atoms with Crippen molar-refractivity contribution in [2.75, 3.05) is 31.6 Å². The Balaban J connectivity index is 2.20. The van der Waals surface area contributed by atoms with Crippen molar-refractivity contribution in [1.82, 2.24) is 4.90 Å². The molecular weight excluding hydrogens is 232 g/mol. The quantitative estimate of drug-likeness (QED) is 0.845. The summed E-state index contributed by atoms with van der Waals surface area (Å²) in [6.07, 6.45) is 0. The summed E-state index contributed by atoms with van der Waals surface area (Å²) in [5, 5.41) is 11.6. The van der Waals surface area contributed by atoms with Crippen molar-refractivity contribution in [3.05, 3.63) is 23.8 Å². The molecule has 2 N–H and O–H groups in total. The van der Waals surface area contributed by atoms with Crippen molar-refractivity contribution < 1.29 is 14.6 Å². The molecule has 0 fully saturated rings. The van der Waals surface area contributed by atoms with Crippen LogP contribution in [-0.4, -0.2) is 42.2 Å². The minimum Gasteiger partial charge on any atom is -0.490 e. The van der Waals surface area contributed by atoms with Gasteiger partial charge in [-0.2, -0.15) is 0 Å². The van der Waals surface area contributed by atoms with Crippen molar-refractivity contribution in [3.8, 4) is 5.75 Å². The van der Waals surface area contributed by atoms with Gasteiger partial charge in [-0.25, -0.2) is 0 Å². The highest BCUT2D eigenvalue weighted by molar-refractivity contribution is 5.74. The number of ether oxygens (including phenoxy) is 1. The maximum atomic E-state index is 10.6. The monoisotopic (exact) mass is 250 g/mol. The van der Waals surface area contributed by atoms with E-state index in [4.69, 9.17) is 9.84 Å². The maximum absolute atomic E-state index is 10.6. The van der Waals surface area contributed by atoms with E-state index in [9.17, 15) is 4.79 Å². The van der Waals surface area contributed by atoms with Crippen LogP contribution in [0.25, 0.3) is 0 Å². The van der Waals surface area contributed by atoms with Gasteiger partial charge < -0.3 is 15.2 Å². The van der Waals surface area contributed by atoms with Gasteiger partial charge in [0.2, 0.25) is 0 Å². The number of rotatable bonds is 4. The number of anilines is 1. The van der Waals surface area contributed by atoms with Crippen LogP contribution in [0.15, 0.2) is 18.2 Å². The highest BCUT2D eigenvalue weighted by atomic mass is 16.5. The van der Waals surface area contributed by atoms with Crippen LogP contribution in [-0.2, 0) is 11.3 Å². The summed E-state index contributed by atoms with van der Waals surface area (Å²) in [6, 6.07) is 5.80. The average Bonchev–Trinajstić information content (AvgIpc) is 2.57. The van der Waals surface area contributed by atoms with Gasteiger partial charge in [0.05, 0.1) is 5.69 Å². The SMILES string of the molecule is CCN1CCOc2c(cccc2NCC(=O)O)C1. The van der Waals surface area contributed by atoms with Crippen molar-refractivity contribution in [1.29, 1.82) is 0 Å². The van der Waals surface area contributed by atoms with Crippen LogP contribution in [0, 0.1) is 0 Å². The number of hydrogen-bond donors (Lipinski definition) is 2. The van der Waals surface area contributed by atoms with Crippen LogP contribution in [0.4, 0.5) is 5.69 Å². The Labute approximate surface area is 106 Å². The van der Waals surface area contributed by atoms with E-state index < -0.39 is 5.97 Å². The van der Waals surface area contributed by atoms with E-state index in [-0.39, 0.29) is 6.54 Å². The van der Waals surface area contributed by atoms with Gasteiger partial charge in [0.25, 0.3) is 0 Å². The van der Waals surface area contributed by atoms with Gasteiger partial charge in [0.15, 0.2) is 0 Å². The number of benzene rings is 1. The average molecular weight is 250 g/mol. The molecular formula is C13H18N2O3. The second-order valence-electron chi connectivity index (χ2n) is 4.26. The number of carbonyl (C=O) groups is 1. The second-order valence-corrected chi connectivity index (χ2v) is 4.26. The molecule has 1 aliphatic heterocycles. The molecule has 0 spiro atoms. The van der Waals surface area contributed by atoms with E-state index in [2.05, 4.69) is 17.1 Å². The van der Waals surface area contributed by atoms with Crippen LogP contribution in [0.3, 0.4) is 0 Å². The summed E-state index contributed by atoms with van der Waals surface area (Å²) < 4.78 is 5.75. The fourth-order valence-electron chi connectivity index (χ4n) is 2.06. The zero-order valence-corrected chi connectivity index (χ0v) is 10.5. The smallest absolute Gasteiger partial charge is 0.322 e. The number of para-hydroxylation sites is 1. The molecule has 1 aromatic carbocycles. The Morgan fingerprint density at radius 1 is 1.56 bits per heavy atom. The van der Waals surface area contributed by atoms with Crippen LogP contribution in [0.1, 0.15) is 12.5 Å². The van der Waals surface area contributed by atoms with Gasteiger partial charge in [-0.1, -0.05) is 19.1 Å². The minimum absolute atomic E-state index is 0.0999. The Morgan fingerprint density at radius 3 is 3.11 bits per heavy atom. The van der Waals surface area contributed by atoms with E-state index in [0.717, 1.165) is 36.6 Å². The summed E-state index contributed by atoms with van der Waals surface area (Å²) >= 11 is 0. The third-order valence-electron chi connectivity index (χ3n) is 3.02. The van der Waals surface area contributed by atoms with Gasteiger partial charge in [-0.05, 0) is 12.6 Å². The number of nitrogens with one attached hydrogen (secondary N) is 1. The summed E-state index contributed by atoms with van der Waals surface area (Å²) in [6.45, 7) is 5.37.